The zero-order valence-electron chi connectivity index (χ0n) is 11.3. The molecule has 1 amide bonds. The first-order valence-corrected chi connectivity index (χ1v) is 7.19. The average Bonchev–Trinajstić information content (AvgIpc) is 2.91. The maximum atomic E-state index is 12.6. The van der Waals surface area contributed by atoms with Crippen molar-refractivity contribution in [2.75, 3.05) is 6.54 Å². The van der Waals surface area contributed by atoms with E-state index < -0.39 is 18.1 Å². The molecule has 0 aliphatic carbocycles. The summed E-state index contributed by atoms with van der Waals surface area (Å²) in [4.78, 5) is 25.0. The SMILES string of the molecule is CC(C)n1cc(Br)cc1C(=O)N1C[C@@H](O)C[C@H]1C(=O)O. The van der Waals surface area contributed by atoms with Crippen LogP contribution in [-0.4, -0.2) is 50.2 Å². The largest absolute Gasteiger partial charge is 0.480 e. The van der Waals surface area contributed by atoms with Gasteiger partial charge < -0.3 is 19.7 Å². The molecule has 7 heteroatoms. The molecule has 1 fully saturated rings. The van der Waals surface area contributed by atoms with Gasteiger partial charge in [-0.1, -0.05) is 0 Å². The summed E-state index contributed by atoms with van der Waals surface area (Å²) >= 11 is 3.33. The van der Waals surface area contributed by atoms with E-state index in [1.165, 1.54) is 4.90 Å². The second-order valence-electron chi connectivity index (χ2n) is 5.25. The van der Waals surface area contributed by atoms with E-state index in [0.717, 1.165) is 4.47 Å². The number of halogens is 1. The van der Waals surface area contributed by atoms with Crippen LogP contribution in [0, 0.1) is 0 Å². The number of likely N-dealkylation sites (tertiary alicyclic amines) is 1. The Bertz CT molecular complexity index is 540. The molecule has 1 aromatic heterocycles. The van der Waals surface area contributed by atoms with Crippen molar-refractivity contribution in [2.45, 2.75) is 38.5 Å². The number of amides is 1. The zero-order chi connectivity index (χ0) is 15.0. The molecule has 2 heterocycles. The minimum atomic E-state index is -1.09. The fourth-order valence-corrected chi connectivity index (χ4v) is 2.90. The molecule has 0 saturated carbocycles. The zero-order valence-corrected chi connectivity index (χ0v) is 12.9. The van der Waals surface area contributed by atoms with Crippen molar-refractivity contribution < 1.29 is 19.8 Å². The molecule has 1 aliphatic rings. The number of β-amino-alcohol motifs (C(OH)–C–C–N with tert-alkyl or cyclic N) is 1. The summed E-state index contributed by atoms with van der Waals surface area (Å²) < 4.78 is 2.55. The quantitative estimate of drug-likeness (QED) is 0.870. The van der Waals surface area contributed by atoms with Crippen LogP contribution in [0.3, 0.4) is 0 Å². The first-order chi connectivity index (χ1) is 9.31. The van der Waals surface area contributed by atoms with Crippen molar-refractivity contribution in [1.82, 2.24) is 9.47 Å². The van der Waals surface area contributed by atoms with Crippen molar-refractivity contribution in [1.29, 1.82) is 0 Å². The van der Waals surface area contributed by atoms with E-state index in [2.05, 4.69) is 15.9 Å². The molecule has 2 N–H and O–H groups in total. The van der Waals surface area contributed by atoms with Crippen molar-refractivity contribution in [3.63, 3.8) is 0 Å². The molecule has 2 rings (SSSR count). The maximum absolute atomic E-state index is 12.6. The van der Waals surface area contributed by atoms with Crippen LogP contribution in [0.15, 0.2) is 16.7 Å². The van der Waals surface area contributed by atoms with E-state index in [1.54, 1.807) is 16.8 Å². The van der Waals surface area contributed by atoms with Gasteiger partial charge in [0, 0.05) is 29.7 Å². The number of rotatable bonds is 3. The molecule has 0 bridgehead atoms. The summed E-state index contributed by atoms with van der Waals surface area (Å²) in [7, 11) is 0. The fraction of sp³-hybridized carbons (Fsp3) is 0.538. The van der Waals surface area contributed by atoms with Gasteiger partial charge in [-0.25, -0.2) is 4.79 Å². The smallest absolute Gasteiger partial charge is 0.326 e. The highest BCUT2D eigenvalue weighted by molar-refractivity contribution is 9.10. The lowest BCUT2D eigenvalue weighted by Gasteiger charge is -2.22. The Morgan fingerprint density at radius 3 is 2.65 bits per heavy atom. The molecular formula is C13H17BrN2O4. The first-order valence-electron chi connectivity index (χ1n) is 6.40. The minimum absolute atomic E-state index is 0.0523. The van der Waals surface area contributed by atoms with Gasteiger partial charge in [-0.2, -0.15) is 0 Å². The maximum Gasteiger partial charge on any atom is 0.326 e. The molecule has 1 aromatic rings. The van der Waals surface area contributed by atoms with Crippen LogP contribution in [0.1, 0.15) is 36.8 Å². The van der Waals surface area contributed by atoms with E-state index in [1.807, 2.05) is 13.8 Å². The third kappa shape index (κ3) is 2.73. The lowest BCUT2D eigenvalue weighted by molar-refractivity contribution is -0.141. The van der Waals surface area contributed by atoms with Crippen molar-refractivity contribution in [3.8, 4) is 0 Å². The van der Waals surface area contributed by atoms with Gasteiger partial charge in [-0.3, -0.25) is 4.79 Å². The molecule has 0 spiro atoms. The number of aromatic nitrogens is 1. The van der Waals surface area contributed by atoms with Crippen molar-refractivity contribution in [2.24, 2.45) is 0 Å². The molecular weight excluding hydrogens is 328 g/mol. The standard InChI is InChI=1S/C13H17BrN2O4/c1-7(2)15-5-8(14)3-10(15)12(18)16-6-9(17)4-11(16)13(19)20/h3,5,7,9,11,17H,4,6H2,1-2H3,(H,19,20)/t9-,11-/m0/s1. The Hall–Kier alpha value is -1.34. The fourth-order valence-electron chi connectivity index (χ4n) is 2.46. The third-order valence-electron chi connectivity index (χ3n) is 3.42. The molecule has 0 unspecified atom stereocenters. The second kappa shape index (κ2) is 5.57. The third-order valence-corrected chi connectivity index (χ3v) is 3.85. The Morgan fingerprint density at radius 2 is 2.10 bits per heavy atom. The van der Waals surface area contributed by atoms with Crippen LogP contribution < -0.4 is 0 Å². The molecule has 110 valence electrons. The Balaban J connectivity index is 2.33. The number of hydrogen-bond donors (Lipinski definition) is 2. The van der Waals surface area contributed by atoms with E-state index in [0.29, 0.717) is 5.69 Å². The van der Waals surface area contributed by atoms with Crippen LogP contribution in [-0.2, 0) is 4.79 Å². The lowest BCUT2D eigenvalue weighted by atomic mass is 10.2. The van der Waals surface area contributed by atoms with E-state index >= 15 is 0 Å². The van der Waals surface area contributed by atoms with Gasteiger partial charge in [0.05, 0.1) is 6.10 Å². The monoisotopic (exact) mass is 344 g/mol. The van der Waals surface area contributed by atoms with Crippen LogP contribution in [0.4, 0.5) is 0 Å². The van der Waals surface area contributed by atoms with Gasteiger partial charge in [0.1, 0.15) is 11.7 Å². The van der Waals surface area contributed by atoms with Gasteiger partial charge in [0.15, 0.2) is 0 Å². The minimum Gasteiger partial charge on any atom is -0.480 e. The van der Waals surface area contributed by atoms with Crippen LogP contribution >= 0.6 is 15.9 Å². The summed E-state index contributed by atoms with van der Waals surface area (Å²) in [6.45, 7) is 3.93. The predicted octanol–water partition coefficient (Wildman–Crippen LogP) is 1.49. The van der Waals surface area contributed by atoms with Crippen molar-refractivity contribution in [3.05, 3.63) is 22.4 Å². The molecule has 1 aliphatic heterocycles. The molecule has 2 atom stereocenters. The summed E-state index contributed by atoms with van der Waals surface area (Å²) in [5.41, 5.74) is 0.423. The van der Waals surface area contributed by atoms with E-state index in [9.17, 15) is 14.7 Å². The molecule has 0 aromatic carbocycles. The Kier molecular flexibility index (Phi) is 4.19. The summed E-state index contributed by atoms with van der Waals surface area (Å²) in [5.74, 6) is -1.45. The number of hydrogen-bond acceptors (Lipinski definition) is 3. The van der Waals surface area contributed by atoms with Gasteiger partial charge in [-0.05, 0) is 35.8 Å². The molecule has 6 nitrogen and oxygen atoms in total. The highest BCUT2D eigenvalue weighted by Gasteiger charge is 2.40. The van der Waals surface area contributed by atoms with Crippen molar-refractivity contribution >= 4 is 27.8 Å². The van der Waals surface area contributed by atoms with Crippen LogP contribution in [0.5, 0.6) is 0 Å². The molecule has 20 heavy (non-hydrogen) atoms. The number of carbonyl (C=O) groups is 2. The van der Waals surface area contributed by atoms with Gasteiger partial charge in [0.2, 0.25) is 0 Å². The van der Waals surface area contributed by atoms with Gasteiger partial charge >= 0.3 is 5.97 Å². The molecule has 0 radical (unpaired) electrons. The topological polar surface area (TPSA) is 82.8 Å². The second-order valence-corrected chi connectivity index (χ2v) is 6.16. The normalized spacial score (nSPS) is 22.6. The summed E-state index contributed by atoms with van der Waals surface area (Å²) in [6.07, 6.45) is 1.08. The summed E-state index contributed by atoms with van der Waals surface area (Å²) in [5, 5.41) is 18.8. The molecule has 1 saturated heterocycles. The number of aliphatic carboxylic acids is 1. The summed E-state index contributed by atoms with van der Waals surface area (Å²) in [6, 6.07) is 0.786. The van der Waals surface area contributed by atoms with Crippen LogP contribution in [0.2, 0.25) is 0 Å². The lowest BCUT2D eigenvalue weighted by Crippen LogP contribution is -2.41. The number of aliphatic hydroxyl groups is 1. The van der Waals surface area contributed by atoms with E-state index in [-0.39, 0.29) is 24.9 Å². The van der Waals surface area contributed by atoms with Crippen LogP contribution in [0.25, 0.3) is 0 Å². The number of nitrogens with zero attached hydrogens (tertiary/aromatic N) is 2. The highest BCUT2D eigenvalue weighted by atomic mass is 79.9. The van der Waals surface area contributed by atoms with Gasteiger partial charge in [-0.15, -0.1) is 0 Å². The number of carboxylic acids is 1. The number of carboxylic acid groups (broad SMARTS) is 1. The Labute approximate surface area is 125 Å². The first kappa shape index (κ1) is 15.1. The highest BCUT2D eigenvalue weighted by Crippen LogP contribution is 2.25. The Morgan fingerprint density at radius 1 is 1.45 bits per heavy atom. The number of aliphatic hydroxyl groups excluding tert-OH is 1. The predicted molar refractivity (Wildman–Crippen MR) is 75.6 cm³/mol. The van der Waals surface area contributed by atoms with Gasteiger partial charge in [0.25, 0.3) is 5.91 Å². The number of carbonyl (C=O) groups excluding carboxylic acids is 1. The van der Waals surface area contributed by atoms with E-state index in [4.69, 9.17) is 5.11 Å². The average molecular weight is 345 g/mol.